The molecule has 0 saturated carbocycles. The second kappa shape index (κ2) is 15.6. The summed E-state index contributed by atoms with van der Waals surface area (Å²) in [6.07, 6.45) is 23.2. The van der Waals surface area contributed by atoms with Crippen LogP contribution in [0.25, 0.3) is 6.08 Å². The van der Waals surface area contributed by atoms with Gasteiger partial charge >= 0.3 is 0 Å². The van der Waals surface area contributed by atoms with Gasteiger partial charge in [0.1, 0.15) is 16.8 Å². The van der Waals surface area contributed by atoms with Crippen LogP contribution in [0.15, 0.2) is 76.0 Å². The number of aliphatic hydroxyl groups is 1. The van der Waals surface area contributed by atoms with Gasteiger partial charge in [0.15, 0.2) is 17.3 Å². The zero-order valence-corrected chi connectivity index (χ0v) is 32.0. The molecule has 3 atom stereocenters. The summed E-state index contributed by atoms with van der Waals surface area (Å²) < 4.78 is 12.8. The number of ketones is 2. The summed E-state index contributed by atoms with van der Waals surface area (Å²) in [5.74, 6) is -3.21. The van der Waals surface area contributed by atoms with Gasteiger partial charge in [0.25, 0.3) is 5.79 Å². The fourth-order valence-electron chi connectivity index (χ4n) is 7.25. The molecule has 0 aromatic heterocycles. The minimum Gasteiger partial charge on any atom is -0.504 e. The molecule has 0 bridgehead atoms. The molecule has 2 heterocycles. The van der Waals surface area contributed by atoms with Crippen molar-refractivity contribution in [2.45, 2.75) is 144 Å². The molecule has 270 valence electrons. The number of hydrogen-bond acceptors (Lipinski definition) is 6. The van der Waals surface area contributed by atoms with Crippen LogP contribution in [0.1, 0.15) is 137 Å². The molecule has 2 N–H and O–H groups in total. The van der Waals surface area contributed by atoms with Crippen molar-refractivity contribution in [2.75, 3.05) is 0 Å². The fourth-order valence-corrected chi connectivity index (χ4v) is 7.25. The number of carbonyl (C=O) groups is 2. The second-order valence-corrected chi connectivity index (χ2v) is 15.4. The Morgan fingerprint density at radius 2 is 1.30 bits per heavy atom. The first-order valence-electron chi connectivity index (χ1n) is 18.2. The molecule has 1 aliphatic carbocycles. The maximum Gasteiger partial charge on any atom is 0.290 e. The predicted molar refractivity (Wildman–Crippen MR) is 204 cm³/mol. The van der Waals surface area contributed by atoms with Crippen LogP contribution in [0, 0.1) is 6.92 Å². The number of aromatic hydroxyl groups is 1. The first-order valence-corrected chi connectivity index (χ1v) is 18.2. The van der Waals surface area contributed by atoms with E-state index in [-0.39, 0.29) is 29.2 Å². The molecule has 6 nitrogen and oxygen atoms in total. The molecule has 0 radical (unpaired) electrons. The number of carbonyl (C=O) groups excluding carboxylic acids is 2. The van der Waals surface area contributed by atoms with Gasteiger partial charge in [0, 0.05) is 16.7 Å². The predicted octanol–water partition coefficient (Wildman–Crippen LogP) is 10.6. The van der Waals surface area contributed by atoms with Crippen molar-refractivity contribution in [1.82, 2.24) is 0 Å². The second-order valence-electron chi connectivity index (χ2n) is 15.4. The lowest BCUT2D eigenvalue weighted by molar-refractivity contribution is -0.188. The van der Waals surface area contributed by atoms with E-state index in [9.17, 15) is 19.8 Å². The first kappa shape index (κ1) is 38.9. The van der Waals surface area contributed by atoms with Crippen LogP contribution >= 0.6 is 0 Å². The Balaban J connectivity index is 1.65. The molecule has 0 unspecified atom stereocenters. The number of phenols is 1. The van der Waals surface area contributed by atoms with Crippen LogP contribution in [0.5, 0.6) is 17.2 Å². The van der Waals surface area contributed by atoms with Gasteiger partial charge in [-0.25, -0.2) is 0 Å². The van der Waals surface area contributed by atoms with Gasteiger partial charge in [0.05, 0.1) is 5.56 Å². The van der Waals surface area contributed by atoms with Crippen LogP contribution in [-0.2, 0) is 15.0 Å². The largest absolute Gasteiger partial charge is 0.504 e. The average Bonchev–Trinajstić information content (AvgIpc) is 3.32. The smallest absolute Gasteiger partial charge is 0.290 e. The van der Waals surface area contributed by atoms with E-state index in [4.69, 9.17) is 9.47 Å². The third kappa shape index (κ3) is 7.86. The number of rotatable bonds is 14. The number of Topliss-reactive ketones (excluding diaryl/α,β-unsaturated/α-hetero) is 1. The van der Waals surface area contributed by atoms with Gasteiger partial charge in [-0.1, -0.05) is 58.2 Å². The van der Waals surface area contributed by atoms with Crippen molar-refractivity contribution in [3.8, 4) is 17.2 Å². The van der Waals surface area contributed by atoms with E-state index in [1.807, 2.05) is 32.1 Å². The number of benzene rings is 1. The number of ether oxygens (including phenoxy) is 2. The Hall–Kier alpha value is -3.90. The summed E-state index contributed by atoms with van der Waals surface area (Å²) in [6, 6.07) is 0. The number of hydrogen-bond donors (Lipinski definition) is 2. The van der Waals surface area contributed by atoms with Crippen LogP contribution in [0.4, 0.5) is 0 Å². The quantitative estimate of drug-likeness (QED) is 0.190. The molecule has 0 fully saturated rings. The van der Waals surface area contributed by atoms with Crippen LogP contribution in [0.2, 0.25) is 0 Å². The van der Waals surface area contributed by atoms with Crippen molar-refractivity contribution in [3.05, 3.63) is 92.7 Å². The molecule has 4 rings (SSSR count). The Morgan fingerprint density at radius 1 is 0.760 bits per heavy atom. The van der Waals surface area contributed by atoms with Gasteiger partial charge in [-0.2, -0.15) is 0 Å². The summed E-state index contributed by atoms with van der Waals surface area (Å²) in [5, 5.41) is 23.9. The first-order chi connectivity index (χ1) is 23.5. The maximum absolute atomic E-state index is 14.1. The summed E-state index contributed by atoms with van der Waals surface area (Å²) in [5.41, 5.74) is 5.12. The van der Waals surface area contributed by atoms with Crippen LogP contribution < -0.4 is 9.47 Å². The molecule has 6 heteroatoms. The minimum absolute atomic E-state index is 0.0423. The van der Waals surface area contributed by atoms with Crippen molar-refractivity contribution < 1.29 is 29.3 Å². The molecule has 3 aliphatic rings. The Morgan fingerprint density at radius 3 is 1.88 bits per heavy atom. The van der Waals surface area contributed by atoms with E-state index in [0.717, 1.165) is 50.5 Å². The van der Waals surface area contributed by atoms with Gasteiger partial charge in [0.2, 0.25) is 5.78 Å². The highest BCUT2D eigenvalue weighted by Crippen LogP contribution is 2.61. The van der Waals surface area contributed by atoms with Gasteiger partial charge in [-0.3, -0.25) is 9.59 Å². The Bertz CT molecular complexity index is 1740. The molecule has 1 aromatic rings. The third-order valence-electron chi connectivity index (χ3n) is 10.4. The number of allylic oxidation sites excluding steroid dienone is 11. The highest BCUT2D eigenvalue weighted by atomic mass is 16.6. The standard InChI is InChI=1S/C44H58O6/c1-28(2)15-11-17-30(5)19-13-20-32(7)22-26-43-36(45)27-33(8)41(47)44(43,48)50-39-35-23-25-42(10,49-40(35)38(46)34(9)37(39)43)24-14-21-31(6)18-12-16-29(3)4/h15-16,19,21-23,25,27,46,48H,11-14,17-18,20,24,26H2,1-10H3/t42-,43+,44+/m1/s1. The van der Waals surface area contributed by atoms with Crippen LogP contribution in [-0.4, -0.2) is 33.2 Å². The highest BCUT2D eigenvalue weighted by Gasteiger charge is 2.70. The molecule has 2 aliphatic heterocycles. The third-order valence-corrected chi connectivity index (χ3v) is 10.4. The molecular weight excluding hydrogens is 624 g/mol. The van der Waals surface area contributed by atoms with Gasteiger partial charge < -0.3 is 19.7 Å². The number of fused-ring (bicyclic) bond motifs is 5. The SMILES string of the molecule is CC(C)=CCCC(C)=CCCC(C)=CC[C@@]12C(=O)C=C(C)C(=O)[C@]1(O)Oc1c3c(c(O)c(C)c12)O[C@](C)(CCC=C(C)CCC=C(C)C)C=C3. The molecule has 0 amide bonds. The lowest BCUT2D eigenvalue weighted by atomic mass is 9.62. The van der Waals surface area contributed by atoms with Crippen molar-refractivity contribution in [1.29, 1.82) is 0 Å². The summed E-state index contributed by atoms with van der Waals surface area (Å²) in [4.78, 5) is 27.9. The minimum atomic E-state index is -2.46. The summed E-state index contributed by atoms with van der Waals surface area (Å²) in [6.45, 7) is 19.9. The normalized spacial score (nSPS) is 24.5. The van der Waals surface area contributed by atoms with E-state index in [2.05, 4.69) is 65.8 Å². The molecule has 0 spiro atoms. The monoisotopic (exact) mass is 682 g/mol. The zero-order valence-electron chi connectivity index (χ0n) is 32.0. The topological polar surface area (TPSA) is 93.1 Å². The van der Waals surface area contributed by atoms with Crippen molar-refractivity contribution >= 4 is 17.6 Å². The van der Waals surface area contributed by atoms with E-state index in [0.29, 0.717) is 23.1 Å². The number of phenolic OH excluding ortho intramolecular Hbond substituents is 1. The molecule has 1 aromatic carbocycles. The molecule has 50 heavy (non-hydrogen) atoms. The Labute approximate surface area is 300 Å². The van der Waals surface area contributed by atoms with Crippen molar-refractivity contribution in [2.24, 2.45) is 0 Å². The Kier molecular flexibility index (Phi) is 12.1. The molecular formula is C44H58O6. The maximum atomic E-state index is 14.1. The van der Waals surface area contributed by atoms with Gasteiger partial charge in [-0.05, 0) is 145 Å². The highest BCUT2D eigenvalue weighted by molar-refractivity contribution is 6.19. The summed E-state index contributed by atoms with van der Waals surface area (Å²) >= 11 is 0. The van der Waals surface area contributed by atoms with Crippen molar-refractivity contribution in [3.63, 3.8) is 0 Å². The van der Waals surface area contributed by atoms with Crippen LogP contribution in [0.3, 0.4) is 0 Å². The fraction of sp³-hybridized carbons (Fsp3) is 0.500. The van der Waals surface area contributed by atoms with E-state index < -0.39 is 28.4 Å². The molecule has 0 saturated heterocycles. The zero-order chi connectivity index (χ0) is 37.0. The van der Waals surface area contributed by atoms with E-state index in [1.165, 1.54) is 35.3 Å². The lowest BCUT2D eigenvalue weighted by Crippen LogP contribution is -2.63. The van der Waals surface area contributed by atoms with E-state index >= 15 is 0 Å². The summed E-state index contributed by atoms with van der Waals surface area (Å²) in [7, 11) is 0. The lowest BCUT2D eigenvalue weighted by Gasteiger charge is -2.40. The van der Waals surface area contributed by atoms with E-state index in [1.54, 1.807) is 6.92 Å². The van der Waals surface area contributed by atoms with Gasteiger partial charge in [-0.15, -0.1) is 0 Å². The average molecular weight is 683 g/mol.